The molecule has 2 atom stereocenters. The van der Waals surface area contributed by atoms with Gasteiger partial charge in [0.2, 0.25) is 0 Å². The van der Waals surface area contributed by atoms with Gasteiger partial charge in [0.25, 0.3) is 0 Å². The average molecular weight is 346 g/mol. The normalized spacial score (nSPS) is 26.6. The molecule has 1 aliphatic heterocycles. The number of aromatic nitrogens is 1. The number of carbonyl (C=O) groups is 1. The Morgan fingerprint density at radius 2 is 2.29 bits per heavy atom. The summed E-state index contributed by atoms with van der Waals surface area (Å²) in [5.41, 5.74) is -0.0342. The molecule has 2 aliphatic rings. The molecule has 1 aromatic carbocycles. The number of halogens is 1. The van der Waals surface area contributed by atoms with Crippen molar-refractivity contribution in [3.05, 3.63) is 41.2 Å². The summed E-state index contributed by atoms with van der Waals surface area (Å²) >= 11 is 1.48. The molecule has 2 heterocycles. The van der Waals surface area contributed by atoms with Crippen molar-refractivity contribution in [2.45, 2.75) is 25.8 Å². The van der Waals surface area contributed by atoms with Crippen molar-refractivity contribution < 1.29 is 14.3 Å². The third kappa shape index (κ3) is 2.54. The van der Waals surface area contributed by atoms with E-state index in [2.05, 4.69) is 9.88 Å². The van der Waals surface area contributed by atoms with Crippen molar-refractivity contribution in [2.24, 2.45) is 11.3 Å². The molecule has 4 rings (SSSR count). The van der Waals surface area contributed by atoms with Gasteiger partial charge in [0.15, 0.2) is 0 Å². The van der Waals surface area contributed by atoms with E-state index < -0.39 is 11.4 Å². The number of aliphatic carboxylic acids is 1. The van der Waals surface area contributed by atoms with Gasteiger partial charge in [0.05, 0.1) is 5.41 Å². The van der Waals surface area contributed by atoms with E-state index in [1.54, 1.807) is 24.4 Å². The van der Waals surface area contributed by atoms with Gasteiger partial charge < -0.3 is 5.11 Å². The third-order valence-corrected chi connectivity index (χ3v) is 6.42. The molecule has 4 nitrogen and oxygen atoms in total. The number of fused-ring (bicyclic) bond motifs is 1. The maximum Gasteiger partial charge on any atom is 0.311 e. The molecule has 1 saturated heterocycles. The summed E-state index contributed by atoms with van der Waals surface area (Å²) in [7, 11) is 0. The highest BCUT2D eigenvalue weighted by molar-refractivity contribution is 7.15. The molecule has 2 fully saturated rings. The van der Waals surface area contributed by atoms with Gasteiger partial charge in [-0.25, -0.2) is 9.37 Å². The predicted molar refractivity (Wildman–Crippen MR) is 90.2 cm³/mol. The van der Waals surface area contributed by atoms with Crippen molar-refractivity contribution >= 4 is 17.3 Å². The van der Waals surface area contributed by atoms with Gasteiger partial charge >= 0.3 is 5.97 Å². The molecule has 0 unspecified atom stereocenters. The lowest BCUT2D eigenvalue weighted by atomic mass is 9.81. The number of carboxylic acid groups (broad SMARTS) is 1. The lowest BCUT2D eigenvalue weighted by molar-refractivity contribution is -0.149. The number of hydrogen-bond acceptors (Lipinski definition) is 4. The highest BCUT2D eigenvalue weighted by Crippen LogP contribution is 2.49. The first-order valence-electron chi connectivity index (χ1n) is 8.24. The van der Waals surface area contributed by atoms with Gasteiger partial charge in [-0.05, 0) is 30.9 Å². The van der Waals surface area contributed by atoms with Crippen LogP contribution in [0.2, 0.25) is 0 Å². The van der Waals surface area contributed by atoms with Gasteiger partial charge in [-0.3, -0.25) is 9.69 Å². The Kier molecular flexibility index (Phi) is 3.89. The molecule has 1 aromatic heterocycles. The minimum Gasteiger partial charge on any atom is -0.481 e. The van der Waals surface area contributed by atoms with Crippen LogP contribution in [0.3, 0.4) is 0 Å². The molecular weight excluding hydrogens is 327 g/mol. The maximum atomic E-state index is 13.9. The highest BCUT2D eigenvalue weighted by Gasteiger charge is 2.54. The van der Waals surface area contributed by atoms with E-state index in [9.17, 15) is 14.3 Å². The lowest BCUT2D eigenvalue weighted by Crippen LogP contribution is -2.35. The van der Waals surface area contributed by atoms with Gasteiger partial charge in [-0.15, -0.1) is 11.3 Å². The fourth-order valence-corrected chi connectivity index (χ4v) is 5.21. The second-order valence-electron chi connectivity index (χ2n) is 6.83. The first kappa shape index (κ1) is 15.7. The Balaban J connectivity index is 1.50. The van der Waals surface area contributed by atoms with Gasteiger partial charge in [0, 0.05) is 36.3 Å². The van der Waals surface area contributed by atoms with E-state index in [4.69, 9.17) is 0 Å². The SMILES string of the molecule is O=C(O)[C@@]12CCC[C@H]1CN(Cc1cnc(-c3ccccc3F)s1)C2. The van der Waals surface area contributed by atoms with Gasteiger partial charge in [-0.1, -0.05) is 18.6 Å². The molecule has 2 aromatic rings. The summed E-state index contributed by atoms with van der Waals surface area (Å²) in [6, 6.07) is 6.64. The summed E-state index contributed by atoms with van der Waals surface area (Å²) in [4.78, 5) is 19.4. The van der Waals surface area contributed by atoms with Crippen LogP contribution in [0, 0.1) is 17.2 Å². The number of likely N-dealkylation sites (tertiary alicyclic amines) is 1. The largest absolute Gasteiger partial charge is 0.481 e. The van der Waals surface area contributed by atoms with Crippen LogP contribution in [-0.4, -0.2) is 34.0 Å². The molecule has 6 heteroatoms. The van der Waals surface area contributed by atoms with Crippen molar-refractivity contribution in [2.75, 3.05) is 13.1 Å². The highest BCUT2D eigenvalue weighted by atomic mass is 32.1. The summed E-state index contributed by atoms with van der Waals surface area (Å²) < 4.78 is 13.9. The van der Waals surface area contributed by atoms with Crippen molar-refractivity contribution in [1.82, 2.24) is 9.88 Å². The third-order valence-electron chi connectivity index (χ3n) is 5.40. The van der Waals surface area contributed by atoms with Crippen LogP contribution in [0.15, 0.2) is 30.5 Å². The Labute approximate surface area is 144 Å². The monoisotopic (exact) mass is 346 g/mol. The molecule has 0 spiro atoms. The molecule has 0 amide bonds. The van der Waals surface area contributed by atoms with E-state index >= 15 is 0 Å². The fourth-order valence-electron chi connectivity index (χ4n) is 4.22. The summed E-state index contributed by atoms with van der Waals surface area (Å²) in [6.45, 7) is 2.14. The average Bonchev–Trinajstić information content (AvgIpc) is 3.22. The Bertz CT molecular complexity index is 778. The number of rotatable bonds is 4. The molecule has 1 N–H and O–H groups in total. The van der Waals surface area contributed by atoms with Crippen molar-refractivity contribution in [3.8, 4) is 10.6 Å². The van der Waals surface area contributed by atoms with Crippen LogP contribution in [0.5, 0.6) is 0 Å². The van der Waals surface area contributed by atoms with Crippen LogP contribution < -0.4 is 0 Å². The smallest absolute Gasteiger partial charge is 0.311 e. The topological polar surface area (TPSA) is 53.4 Å². The molecule has 126 valence electrons. The zero-order chi connectivity index (χ0) is 16.7. The molecular formula is C18H19FN2O2S. The van der Waals surface area contributed by atoms with Crippen molar-refractivity contribution in [3.63, 3.8) is 0 Å². The summed E-state index contributed by atoms with van der Waals surface area (Å²) in [5, 5.41) is 10.3. The molecule has 1 aliphatic carbocycles. The second kappa shape index (κ2) is 5.93. The Hall–Kier alpha value is -1.79. The number of carboxylic acids is 1. The van der Waals surface area contributed by atoms with E-state index in [0.29, 0.717) is 23.7 Å². The molecule has 24 heavy (non-hydrogen) atoms. The zero-order valence-electron chi connectivity index (χ0n) is 13.2. The number of thiazole rings is 1. The van der Waals surface area contributed by atoms with Crippen LogP contribution in [0.25, 0.3) is 10.6 Å². The summed E-state index contributed by atoms with van der Waals surface area (Å²) in [6.07, 6.45) is 4.59. The van der Waals surface area contributed by atoms with E-state index in [1.807, 2.05) is 0 Å². The Morgan fingerprint density at radius 1 is 1.46 bits per heavy atom. The number of nitrogens with zero attached hydrogens (tertiary/aromatic N) is 2. The predicted octanol–water partition coefficient (Wildman–Crippen LogP) is 3.64. The summed E-state index contributed by atoms with van der Waals surface area (Å²) in [5.74, 6) is -0.656. The molecule has 0 radical (unpaired) electrons. The minimum atomic E-state index is -0.649. The number of benzene rings is 1. The zero-order valence-corrected chi connectivity index (χ0v) is 14.1. The van der Waals surface area contributed by atoms with Crippen LogP contribution >= 0.6 is 11.3 Å². The van der Waals surface area contributed by atoms with Gasteiger partial charge in [-0.2, -0.15) is 0 Å². The first-order valence-corrected chi connectivity index (χ1v) is 9.05. The number of hydrogen-bond donors (Lipinski definition) is 1. The van der Waals surface area contributed by atoms with Crippen LogP contribution in [-0.2, 0) is 11.3 Å². The first-order chi connectivity index (χ1) is 11.6. The fraction of sp³-hybridized carbons (Fsp3) is 0.444. The Morgan fingerprint density at radius 3 is 3.04 bits per heavy atom. The lowest BCUT2D eigenvalue weighted by Gasteiger charge is -2.23. The van der Waals surface area contributed by atoms with Crippen molar-refractivity contribution in [1.29, 1.82) is 0 Å². The molecule has 1 saturated carbocycles. The van der Waals surface area contributed by atoms with E-state index in [1.165, 1.54) is 17.4 Å². The van der Waals surface area contributed by atoms with Gasteiger partial charge in [0.1, 0.15) is 10.8 Å². The molecule has 0 bridgehead atoms. The minimum absolute atomic E-state index is 0.258. The standard InChI is InChI=1S/C18H19FN2O2S/c19-15-6-2-1-5-14(15)16-20-8-13(24-16)10-21-9-12-4-3-7-18(12,11-21)17(22)23/h1-2,5-6,8,12H,3-4,7,9-11H2,(H,22,23)/t12-,18+/m0/s1. The van der Waals surface area contributed by atoms with Crippen LogP contribution in [0.4, 0.5) is 4.39 Å². The van der Waals surface area contributed by atoms with E-state index in [0.717, 1.165) is 30.7 Å². The van der Waals surface area contributed by atoms with Crippen LogP contribution in [0.1, 0.15) is 24.1 Å². The second-order valence-corrected chi connectivity index (χ2v) is 7.95. The maximum absolute atomic E-state index is 13.9. The van der Waals surface area contributed by atoms with E-state index in [-0.39, 0.29) is 11.7 Å². The quantitative estimate of drug-likeness (QED) is 0.918.